The van der Waals surface area contributed by atoms with Crippen molar-refractivity contribution in [2.75, 3.05) is 13.6 Å². The van der Waals surface area contributed by atoms with E-state index >= 15 is 0 Å². The third-order valence-corrected chi connectivity index (χ3v) is 7.27. The van der Waals surface area contributed by atoms with Crippen LogP contribution in [0.2, 0.25) is 0 Å². The first-order valence-electron chi connectivity index (χ1n) is 12.4. The van der Waals surface area contributed by atoms with Crippen molar-refractivity contribution >= 4 is 22.6 Å². The molecule has 1 amide bonds. The number of nitrogens with one attached hydrogen (secondary N) is 2. The van der Waals surface area contributed by atoms with Crippen LogP contribution in [0.5, 0.6) is 0 Å². The van der Waals surface area contributed by atoms with E-state index in [4.69, 9.17) is 11.1 Å². The lowest BCUT2D eigenvalue weighted by molar-refractivity contribution is -0.129. The zero-order valence-corrected chi connectivity index (χ0v) is 20.8. The maximum atomic E-state index is 14.1. The summed E-state index contributed by atoms with van der Waals surface area (Å²) in [7, 11) is 1.85. The molecule has 0 spiro atoms. The van der Waals surface area contributed by atoms with Gasteiger partial charge >= 0.3 is 0 Å². The van der Waals surface area contributed by atoms with Crippen LogP contribution in [0.25, 0.3) is 22.0 Å². The van der Waals surface area contributed by atoms with Gasteiger partial charge in [-0.25, -0.2) is 0 Å². The number of nitrogens with two attached hydrogens (primary N) is 1. The number of rotatable bonds is 8. The van der Waals surface area contributed by atoms with Gasteiger partial charge in [0.2, 0.25) is 5.91 Å². The number of aromatic nitrogens is 1. The molecule has 7 heteroatoms. The molecular weight excluding hydrogens is 438 g/mol. The number of hydrogen-bond acceptors (Lipinski definition) is 4. The van der Waals surface area contributed by atoms with Crippen LogP contribution < -0.4 is 16.6 Å². The van der Waals surface area contributed by atoms with E-state index in [1.165, 1.54) is 0 Å². The smallest absolute Gasteiger partial charge is 0.259 e. The van der Waals surface area contributed by atoms with Crippen LogP contribution in [-0.4, -0.2) is 46.9 Å². The number of hydrogen-bond donors (Lipinski definition) is 3. The Balaban J connectivity index is 1.86. The maximum Gasteiger partial charge on any atom is 0.259 e. The van der Waals surface area contributed by atoms with Crippen LogP contribution in [0.3, 0.4) is 0 Å². The largest absolute Gasteiger partial charge is 0.384 e. The monoisotopic (exact) mass is 473 g/mol. The van der Waals surface area contributed by atoms with E-state index in [0.29, 0.717) is 11.1 Å². The van der Waals surface area contributed by atoms with Crippen molar-refractivity contribution in [3.05, 3.63) is 70.5 Å². The van der Waals surface area contributed by atoms with Gasteiger partial charge in [0.15, 0.2) is 0 Å². The number of amidine groups is 1. The second kappa shape index (κ2) is 10.4. The second-order valence-corrected chi connectivity index (χ2v) is 9.53. The molecule has 184 valence electrons. The topological polar surface area (TPSA) is 104 Å². The summed E-state index contributed by atoms with van der Waals surface area (Å²) >= 11 is 0. The number of carbonyl (C=O) groups is 1. The number of unbranched alkanes of at least 4 members (excludes halogenated alkanes) is 1. The first-order valence-corrected chi connectivity index (χ1v) is 12.4. The Bertz CT molecular complexity index is 1300. The highest BCUT2D eigenvalue weighted by Crippen LogP contribution is 2.31. The Kier molecular flexibility index (Phi) is 7.36. The van der Waals surface area contributed by atoms with Gasteiger partial charge < -0.3 is 20.5 Å². The molecule has 7 nitrogen and oxygen atoms in total. The minimum Gasteiger partial charge on any atom is -0.384 e. The number of pyridine rings is 1. The average molecular weight is 474 g/mol. The fraction of sp³-hybridized carbons (Fsp3) is 0.393. The van der Waals surface area contributed by atoms with E-state index in [-0.39, 0.29) is 35.4 Å². The van der Waals surface area contributed by atoms with Gasteiger partial charge in [0.1, 0.15) is 5.84 Å². The molecule has 35 heavy (non-hydrogen) atoms. The van der Waals surface area contributed by atoms with Crippen LogP contribution in [0, 0.1) is 5.41 Å². The lowest BCUT2D eigenvalue weighted by Gasteiger charge is -2.29. The van der Waals surface area contributed by atoms with Crippen molar-refractivity contribution in [3.8, 4) is 11.1 Å². The van der Waals surface area contributed by atoms with E-state index in [1.54, 1.807) is 17.9 Å². The van der Waals surface area contributed by atoms with Crippen molar-refractivity contribution < 1.29 is 4.79 Å². The molecule has 1 fully saturated rings. The first-order chi connectivity index (χ1) is 16.8. The van der Waals surface area contributed by atoms with Crippen molar-refractivity contribution in [2.45, 2.75) is 57.7 Å². The summed E-state index contributed by atoms with van der Waals surface area (Å²) in [4.78, 5) is 27.9. The summed E-state index contributed by atoms with van der Waals surface area (Å²) in [5, 5.41) is 12.4. The number of amides is 1. The zero-order valence-electron chi connectivity index (χ0n) is 20.8. The van der Waals surface area contributed by atoms with E-state index in [2.05, 4.69) is 12.2 Å². The van der Waals surface area contributed by atoms with Gasteiger partial charge in [-0.1, -0.05) is 56.2 Å². The van der Waals surface area contributed by atoms with Gasteiger partial charge in [0.05, 0.1) is 11.6 Å². The summed E-state index contributed by atoms with van der Waals surface area (Å²) in [6, 6.07) is 17.4. The molecule has 3 aromatic rings. The van der Waals surface area contributed by atoms with Gasteiger partial charge in [-0.15, -0.1) is 0 Å². The molecule has 0 saturated carbocycles. The number of nitrogens with zero attached hydrogens (tertiary/aromatic N) is 2. The molecule has 1 saturated heterocycles. The molecule has 2 heterocycles. The minimum absolute atomic E-state index is 0.0235. The molecule has 1 aliphatic rings. The minimum atomic E-state index is -0.0475. The van der Waals surface area contributed by atoms with Crippen LogP contribution in [-0.2, 0) is 4.79 Å². The molecule has 3 atom stereocenters. The summed E-state index contributed by atoms with van der Waals surface area (Å²) in [5.74, 6) is 0.0297. The van der Waals surface area contributed by atoms with Gasteiger partial charge in [-0.2, -0.15) is 0 Å². The molecule has 1 aromatic heterocycles. The lowest BCUT2D eigenvalue weighted by atomic mass is 9.96. The standard InChI is InChI=1S/C28H35N5O2/c1-4-5-12-26(24-16-22(17-31-24)32(3)18(2)34)33-25-13-7-6-9-20(25)15-23(28(33)35)19-10-8-11-21(14-19)27(29)30/h6-11,13-15,22,24,26,31H,4-5,12,16-17H2,1-3H3,(H3,29,30). The normalized spacial score (nSPS) is 18.5. The lowest BCUT2D eigenvalue weighted by Crippen LogP contribution is -2.38. The Labute approximate surface area is 206 Å². The quantitative estimate of drug-likeness (QED) is 0.341. The van der Waals surface area contributed by atoms with Crippen LogP contribution >= 0.6 is 0 Å². The first kappa shape index (κ1) is 24.7. The van der Waals surface area contributed by atoms with E-state index < -0.39 is 0 Å². The predicted molar refractivity (Wildman–Crippen MR) is 142 cm³/mol. The SMILES string of the molecule is CCCCC(C1CC(N(C)C(C)=O)CN1)n1c(=O)c(-c2cccc(C(=N)N)c2)cc2ccccc21. The van der Waals surface area contributed by atoms with Crippen LogP contribution in [0.1, 0.15) is 51.1 Å². The molecule has 0 radical (unpaired) electrons. The molecule has 4 N–H and O–H groups in total. The van der Waals surface area contributed by atoms with Gasteiger partial charge in [-0.3, -0.25) is 15.0 Å². The second-order valence-electron chi connectivity index (χ2n) is 9.53. The molecule has 1 aliphatic heterocycles. The predicted octanol–water partition coefficient (Wildman–Crippen LogP) is 3.89. The highest BCUT2D eigenvalue weighted by atomic mass is 16.2. The molecule has 4 rings (SSSR count). The van der Waals surface area contributed by atoms with E-state index in [9.17, 15) is 9.59 Å². The number of fused-ring (bicyclic) bond motifs is 1. The zero-order chi connectivity index (χ0) is 25.1. The van der Waals surface area contributed by atoms with E-state index in [1.807, 2.05) is 60.1 Å². The third-order valence-electron chi connectivity index (χ3n) is 7.27. The third kappa shape index (κ3) is 5.00. The number of likely N-dealkylation sites (N-methyl/N-ethyl adjacent to an activating group) is 1. The molecule has 0 aliphatic carbocycles. The average Bonchev–Trinajstić information content (AvgIpc) is 3.34. The summed E-state index contributed by atoms with van der Waals surface area (Å²) in [5.41, 5.74) is 8.54. The Hall–Kier alpha value is -3.45. The highest BCUT2D eigenvalue weighted by molar-refractivity contribution is 5.96. The summed E-state index contributed by atoms with van der Waals surface area (Å²) < 4.78 is 1.97. The van der Waals surface area contributed by atoms with Gasteiger partial charge in [0.25, 0.3) is 5.56 Å². The van der Waals surface area contributed by atoms with E-state index in [0.717, 1.165) is 48.7 Å². The van der Waals surface area contributed by atoms with Gasteiger partial charge in [-0.05, 0) is 42.0 Å². The number of nitrogen functional groups attached to an aromatic ring is 1. The summed E-state index contributed by atoms with van der Waals surface area (Å²) in [6.07, 6.45) is 3.70. The van der Waals surface area contributed by atoms with Crippen molar-refractivity contribution in [1.29, 1.82) is 5.41 Å². The van der Waals surface area contributed by atoms with Crippen molar-refractivity contribution in [2.24, 2.45) is 5.73 Å². The van der Waals surface area contributed by atoms with Gasteiger partial charge in [0, 0.05) is 43.7 Å². The van der Waals surface area contributed by atoms with Crippen molar-refractivity contribution in [1.82, 2.24) is 14.8 Å². The van der Waals surface area contributed by atoms with Crippen molar-refractivity contribution in [3.63, 3.8) is 0 Å². The van der Waals surface area contributed by atoms with Crippen LogP contribution in [0.15, 0.2) is 59.4 Å². The fourth-order valence-corrected chi connectivity index (χ4v) is 5.19. The number of carbonyl (C=O) groups excluding carboxylic acids is 1. The maximum absolute atomic E-state index is 14.1. The molecule has 0 bridgehead atoms. The molecular formula is C28H35N5O2. The highest BCUT2D eigenvalue weighted by Gasteiger charge is 2.35. The Morgan fingerprint density at radius 2 is 2.00 bits per heavy atom. The molecule has 3 unspecified atom stereocenters. The Morgan fingerprint density at radius 3 is 2.71 bits per heavy atom. The molecule has 2 aromatic carbocycles. The number of benzene rings is 2. The fourth-order valence-electron chi connectivity index (χ4n) is 5.19. The Morgan fingerprint density at radius 1 is 1.23 bits per heavy atom. The number of para-hydroxylation sites is 1. The van der Waals surface area contributed by atoms with Crippen LogP contribution in [0.4, 0.5) is 0 Å². The summed E-state index contributed by atoms with van der Waals surface area (Å²) in [6.45, 7) is 4.48.